The molecule has 2 aromatic rings. The minimum absolute atomic E-state index is 0.201. The van der Waals surface area contributed by atoms with E-state index in [4.69, 9.17) is 5.73 Å². The lowest BCUT2D eigenvalue weighted by molar-refractivity contribution is 0.488. The molecule has 0 aliphatic heterocycles. The average molecular weight is 290 g/mol. The molecule has 4 heteroatoms. The van der Waals surface area contributed by atoms with E-state index in [1.165, 1.54) is 17.7 Å². The summed E-state index contributed by atoms with van der Waals surface area (Å²) in [5.74, 6) is -1.73. The van der Waals surface area contributed by atoms with Crippen molar-refractivity contribution in [3.05, 3.63) is 64.7 Å². The van der Waals surface area contributed by atoms with E-state index in [-0.39, 0.29) is 5.56 Å². The predicted molar refractivity (Wildman–Crippen MR) is 82.5 cm³/mol. The first-order chi connectivity index (χ1) is 9.90. The lowest BCUT2D eigenvalue weighted by Crippen LogP contribution is -2.30. The quantitative estimate of drug-likeness (QED) is 0.930. The van der Waals surface area contributed by atoms with Gasteiger partial charge >= 0.3 is 0 Å². The van der Waals surface area contributed by atoms with E-state index < -0.39 is 17.7 Å². The van der Waals surface area contributed by atoms with Crippen LogP contribution in [0.3, 0.4) is 0 Å². The van der Waals surface area contributed by atoms with E-state index in [1.54, 1.807) is 0 Å². The molecule has 1 atom stereocenters. The van der Waals surface area contributed by atoms with Crippen LogP contribution in [0.4, 0.5) is 14.5 Å². The van der Waals surface area contributed by atoms with Crippen LogP contribution in [0, 0.1) is 25.5 Å². The van der Waals surface area contributed by atoms with Crippen molar-refractivity contribution in [2.75, 3.05) is 18.5 Å². The SMILES string of the molecule is Cc1ccc(N(C)CC(N)c2cccc(F)c2F)c(C)c1. The fourth-order valence-electron chi connectivity index (χ4n) is 2.53. The van der Waals surface area contributed by atoms with Gasteiger partial charge in [0.15, 0.2) is 11.6 Å². The predicted octanol–water partition coefficient (Wildman–Crippen LogP) is 3.72. The highest BCUT2D eigenvalue weighted by atomic mass is 19.2. The second-order valence-corrected chi connectivity index (χ2v) is 5.42. The molecule has 0 amide bonds. The third-order valence-electron chi connectivity index (χ3n) is 3.62. The maximum Gasteiger partial charge on any atom is 0.163 e. The van der Waals surface area contributed by atoms with Crippen LogP contribution in [0.5, 0.6) is 0 Å². The number of hydrogen-bond acceptors (Lipinski definition) is 2. The molecule has 0 saturated carbocycles. The van der Waals surface area contributed by atoms with Crippen LogP contribution in [0.15, 0.2) is 36.4 Å². The van der Waals surface area contributed by atoms with Crippen LogP contribution in [0.25, 0.3) is 0 Å². The second-order valence-electron chi connectivity index (χ2n) is 5.42. The first-order valence-electron chi connectivity index (χ1n) is 6.88. The van der Waals surface area contributed by atoms with Crippen LogP contribution in [-0.4, -0.2) is 13.6 Å². The van der Waals surface area contributed by atoms with Gasteiger partial charge in [0.2, 0.25) is 0 Å². The maximum atomic E-state index is 13.8. The Hall–Kier alpha value is -1.94. The number of benzene rings is 2. The van der Waals surface area contributed by atoms with Crippen molar-refractivity contribution in [1.82, 2.24) is 0 Å². The van der Waals surface area contributed by atoms with Gasteiger partial charge in [-0.15, -0.1) is 0 Å². The Morgan fingerprint density at radius 3 is 2.52 bits per heavy atom. The summed E-state index contributed by atoms with van der Waals surface area (Å²) >= 11 is 0. The van der Waals surface area contributed by atoms with Crippen LogP contribution < -0.4 is 10.6 Å². The van der Waals surface area contributed by atoms with E-state index in [2.05, 4.69) is 6.07 Å². The van der Waals surface area contributed by atoms with E-state index in [1.807, 2.05) is 37.9 Å². The van der Waals surface area contributed by atoms with E-state index in [0.717, 1.165) is 17.3 Å². The molecule has 0 radical (unpaired) electrons. The summed E-state index contributed by atoms with van der Waals surface area (Å²) in [5.41, 5.74) is 9.58. The summed E-state index contributed by atoms with van der Waals surface area (Å²) < 4.78 is 27.0. The van der Waals surface area contributed by atoms with Crippen LogP contribution >= 0.6 is 0 Å². The zero-order chi connectivity index (χ0) is 15.6. The minimum Gasteiger partial charge on any atom is -0.372 e. The zero-order valence-corrected chi connectivity index (χ0v) is 12.5. The van der Waals surface area contributed by atoms with Gasteiger partial charge in [0.1, 0.15) is 0 Å². The third kappa shape index (κ3) is 3.39. The van der Waals surface area contributed by atoms with Gasteiger partial charge in [-0.25, -0.2) is 8.78 Å². The molecule has 0 aromatic heterocycles. The van der Waals surface area contributed by atoms with Crippen molar-refractivity contribution in [2.24, 2.45) is 5.73 Å². The number of aryl methyl sites for hydroxylation is 2. The monoisotopic (exact) mass is 290 g/mol. The smallest absolute Gasteiger partial charge is 0.163 e. The average Bonchev–Trinajstić information content (AvgIpc) is 2.41. The van der Waals surface area contributed by atoms with Crippen molar-refractivity contribution >= 4 is 5.69 Å². The summed E-state index contributed by atoms with van der Waals surface area (Å²) in [7, 11) is 1.90. The van der Waals surface area contributed by atoms with Crippen molar-refractivity contribution in [2.45, 2.75) is 19.9 Å². The molecule has 21 heavy (non-hydrogen) atoms. The molecule has 0 bridgehead atoms. The molecule has 1 unspecified atom stereocenters. The molecule has 0 heterocycles. The molecule has 0 fully saturated rings. The summed E-state index contributed by atoms with van der Waals surface area (Å²) in [6.45, 7) is 4.46. The van der Waals surface area contributed by atoms with Crippen LogP contribution in [0.1, 0.15) is 22.7 Å². The number of likely N-dealkylation sites (N-methyl/N-ethyl adjacent to an activating group) is 1. The summed E-state index contributed by atoms with van der Waals surface area (Å²) in [5, 5.41) is 0. The van der Waals surface area contributed by atoms with E-state index >= 15 is 0 Å². The fourth-order valence-corrected chi connectivity index (χ4v) is 2.53. The molecule has 0 aliphatic rings. The highest BCUT2D eigenvalue weighted by Crippen LogP contribution is 2.23. The first-order valence-corrected chi connectivity index (χ1v) is 6.88. The Labute approximate surface area is 124 Å². The van der Waals surface area contributed by atoms with Crippen LogP contribution in [0.2, 0.25) is 0 Å². The van der Waals surface area contributed by atoms with E-state index in [9.17, 15) is 8.78 Å². The number of hydrogen-bond donors (Lipinski definition) is 1. The number of nitrogens with two attached hydrogens (primary N) is 1. The van der Waals surface area contributed by atoms with Gasteiger partial charge in [0.25, 0.3) is 0 Å². The van der Waals surface area contributed by atoms with Crippen molar-refractivity contribution in [3.8, 4) is 0 Å². The molecule has 0 saturated heterocycles. The molecule has 2 aromatic carbocycles. The molecule has 2 nitrogen and oxygen atoms in total. The molecule has 0 spiro atoms. The summed E-state index contributed by atoms with van der Waals surface area (Å²) in [6.07, 6.45) is 0. The van der Waals surface area contributed by atoms with Gasteiger partial charge < -0.3 is 10.6 Å². The van der Waals surface area contributed by atoms with E-state index in [0.29, 0.717) is 6.54 Å². The van der Waals surface area contributed by atoms with Gasteiger partial charge in [-0.3, -0.25) is 0 Å². The van der Waals surface area contributed by atoms with Gasteiger partial charge in [-0.05, 0) is 31.5 Å². The Morgan fingerprint density at radius 1 is 1.14 bits per heavy atom. The zero-order valence-electron chi connectivity index (χ0n) is 12.5. The highest BCUT2D eigenvalue weighted by Gasteiger charge is 2.17. The standard InChI is InChI=1S/C17H20F2N2/c1-11-7-8-16(12(2)9-11)21(3)10-15(20)13-5-4-6-14(18)17(13)19/h4-9,15H,10,20H2,1-3H3. The largest absolute Gasteiger partial charge is 0.372 e. The molecule has 0 aliphatic carbocycles. The molecular weight excluding hydrogens is 270 g/mol. The molecule has 2 N–H and O–H groups in total. The maximum absolute atomic E-state index is 13.8. The minimum atomic E-state index is -0.864. The van der Waals surface area contributed by atoms with Gasteiger partial charge in [-0.2, -0.15) is 0 Å². The highest BCUT2D eigenvalue weighted by molar-refractivity contribution is 5.54. The Balaban J connectivity index is 2.18. The van der Waals surface area contributed by atoms with Crippen molar-refractivity contribution in [1.29, 1.82) is 0 Å². The van der Waals surface area contributed by atoms with Crippen molar-refractivity contribution in [3.63, 3.8) is 0 Å². The fraction of sp³-hybridized carbons (Fsp3) is 0.294. The molecule has 112 valence electrons. The Morgan fingerprint density at radius 2 is 1.86 bits per heavy atom. The number of rotatable bonds is 4. The third-order valence-corrected chi connectivity index (χ3v) is 3.62. The normalized spacial score (nSPS) is 12.3. The lowest BCUT2D eigenvalue weighted by Gasteiger charge is -2.25. The Kier molecular flexibility index (Phi) is 4.58. The Bertz CT molecular complexity index is 641. The number of halogens is 2. The lowest BCUT2D eigenvalue weighted by atomic mass is 10.0. The topological polar surface area (TPSA) is 29.3 Å². The van der Waals surface area contributed by atoms with Crippen molar-refractivity contribution < 1.29 is 8.78 Å². The summed E-state index contributed by atoms with van der Waals surface area (Å²) in [6, 6.07) is 9.63. The van der Waals surface area contributed by atoms with Gasteiger partial charge in [0.05, 0.1) is 6.04 Å². The first kappa shape index (κ1) is 15.4. The molecule has 2 rings (SSSR count). The molecular formula is C17H20F2N2. The summed E-state index contributed by atoms with van der Waals surface area (Å²) in [4.78, 5) is 1.96. The number of anilines is 1. The van der Waals surface area contributed by atoms with Gasteiger partial charge in [0, 0.05) is 24.8 Å². The number of nitrogens with zero attached hydrogens (tertiary/aromatic N) is 1. The van der Waals surface area contributed by atoms with Gasteiger partial charge in [-0.1, -0.05) is 29.8 Å². The second kappa shape index (κ2) is 6.22. The van der Waals surface area contributed by atoms with Crippen LogP contribution in [-0.2, 0) is 0 Å².